The van der Waals surface area contributed by atoms with Gasteiger partial charge in [-0.2, -0.15) is 0 Å². The predicted octanol–water partition coefficient (Wildman–Crippen LogP) is 12.6. The molecule has 0 saturated heterocycles. The summed E-state index contributed by atoms with van der Waals surface area (Å²) in [7, 11) is 1.18. The number of hydrogen-bond donors (Lipinski definition) is 0. The Bertz CT molecular complexity index is 912. The van der Waals surface area contributed by atoms with Crippen molar-refractivity contribution in [2.45, 2.75) is 232 Å². The molecule has 2 unspecified atom stereocenters. The van der Waals surface area contributed by atoms with Crippen LogP contribution in [0.15, 0.2) is 0 Å². The van der Waals surface area contributed by atoms with Gasteiger partial charge in [0, 0.05) is 12.8 Å². The van der Waals surface area contributed by atoms with Crippen LogP contribution in [0.2, 0.25) is 0 Å². The van der Waals surface area contributed by atoms with E-state index in [1.807, 2.05) is 21.1 Å². The molecule has 0 fully saturated rings. The lowest BCUT2D eigenvalue weighted by Crippen LogP contribution is -2.37. The number of ether oxygens (including phenoxy) is 2. The number of rotatable bonds is 43. The number of hydrogen-bond acceptors (Lipinski definition) is 8. The molecule has 0 aliphatic rings. The van der Waals surface area contributed by atoms with Gasteiger partial charge in [0.1, 0.15) is 19.8 Å². The molecule has 0 aromatic carbocycles. The lowest BCUT2D eigenvalue weighted by molar-refractivity contribution is -0.870. The summed E-state index contributed by atoms with van der Waals surface area (Å²) >= 11 is 0. The molecule has 0 bridgehead atoms. The molecule has 0 rings (SSSR count). The largest absolute Gasteiger partial charge is 0.756 e. The molecular weight excluding hydrogens is 713 g/mol. The van der Waals surface area contributed by atoms with Crippen LogP contribution < -0.4 is 4.89 Å². The summed E-state index contributed by atoms with van der Waals surface area (Å²) in [4.78, 5) is 37.5. The highest BCUT2D eigenvalue weighted by Gasteiger charge is 2.21. The monoisotopic (exact) mass is 804 g/mol. The normalized spacial score (nSPS) is 13.5. The van der Waals surface area contributed by atoms with Crippen LogP contribution in [-0.2, 0) is 32.7 Å². The first-order chi connectivity index (χ1) is 26.5. The molecule has 55 heavy (non-hydrogen) atoms. The summed E-state index contributed by atoms with van der Waals surface area (Å²) in [6, 6.07) is 0. The maximum absolute atomic E-state index is 12.7. The maximum atomic E-state index is 12.7. The van der Waals surface area contributed by atoms with E-state index in [0.29, 0.717) is 17.4 Å². The van der Waals surface area contributed by atoms with E-state index in [1.165, 1.54) is 161 Å². The first-order valence-electron chi connectivity index (χ1n) is 23.2. The van der Waals surface area contributed by atoms with Crippen LogP contribution in [0.3, 0.4) is 0 Å². The quantitative estimate of drug-likeness (QED) is 0.0259. The van der Waals surface area contributed by atoms with E-state index < -0.39 is 26.5 Å². The van der Waals surface area contributed by atoms with E-state index in [0.717, 1.165) is 32.1 Å². The van der Waals surface area contributed by atoms with Gasteiger partial charge in [0.05, 0.1) is 27.7 Å². The van der Waals surface area contributed by atoms with E-state index in [4.69, 9.17) is 18.5 Å². The molecule has 0 saturated carbocycles. The standard InChI is InChI=1S/C45H90NO8P/c1-6-8-10-12-14-16-18-20-21-22-23-24-26-28-30-32-34-36-38-45(48)54-43(42-53-55(49,50)52-40-39-46(3,4)5)41-51-44(47)37-35-33-31-29-27-25-19-17-15-13-11-9-7-2/h43H,6-42H2,1-5H3. The molecule has 328 valence electrons. The van der Waals surface area contributed by atoms with Crippen molar-refractivity contribution in [2.24, 2.45) is 0 Å². The van der Waals surface area contributed by atoms with E-state index in [9.17, 15) is 19.0 Å². The third kappa shape index (κ3) is 42.4. The van der Waals surface area contributed by atoms with E-state index in [-0.39, 0.29) is 32.0 Å². The molecular formula is C45H90NO8P. The minimum Gasteiger partial charge on any atom is -0.756 e. The number of nitrogens with zero attached hydrogens (tertiary/aromatic N) is 1. The number of unbranched alkanes of at least 4 members (excludes halogenated alkanes) is 29. The molecule has 0 aliphatic heterocycles. The molecule has 9 nitrogen and oxygen atoms in total. The Balaban J connectivity index is 4.26. The van der Waals surface area contributed by atoms with E-state index >= 15 is 0 Å². The second kappa shape index (κ2) is 38.5. The Hall–Kier alpha value is -0.990. The fourth-order valence-electron chi connectivity index (χ4n) is 6.72. The Kier molecular flexibility index (Phi) is 37.8. The first kappa shape index (κ1) is 54.0. The number of carbonyl (C=O) groups excluding carboxylic acids is 2. The molecule has 0 aromatic rings. The van der Waals surface area contributed by atoms with Gasteiger partial charge in [-0.3, -0.25) is 14.2 Å². The topological polar surface area (TPSA) is 111 Å². The molecule has 0 spiro atoms. The second-order valence-corrected chi connectivity index (χ2v) is 18.5. The fourth-order valence-corrected chi connectivity index (χ4v) is 7.44. The van der Waals surface area contributed by atoms with Crippen molar-refractivity contribution in [1.29, 1.82) is 0 Å². The van der Waals surface area contributed by atoms with E-state index in [2.05, 4.69) is 13.8 Å². The van der Waals surface area contributed by atoms with Crippen LogP contribution in [0.1, 0.15) is 226 Å². The average molecular weight is 804 g/mol. The highest BCUT2D eigenvalue weighted by atomic mass is 31.2. The van der Waals surface area contributed by atoms with Crippen LogP contribution in [0, 0.1) is 0 Å². The van der Waals surface area contributed by atoms with Gasteiger partial charge in [0.2, 0.25) is 0 Å². The van der Waals surface area contributed by atoms with Gasteiger partial charge in [-0.25, -0.2) is 0 Å². The molecule has 0 heterocycles. The van der Waals surface area contributed by atoms with E-state index in [1.54, 1.807) is 0 Å². The molecule has 0 N–H and O–H groups in total. The number of phosphoric acid groups is 1. The van der Waals surface area contributed by atoms with Crippen LogP contribution in [0.5, 0.6) is 0 Å². The van der Waals surface area contributed by atoms with Gasteiger partial charge in [-0.15, -0.1) is 0 Å². The van der Waals surface area contributed by atoms with Crippen molar-refractivity contribution in [1.82, 2.24) is 0 Å². The summed E-state index contributed by atoms with van der Waals surface area (Å²) in [5, 5.41) is 0. The van der Waals surface area contributed by atoms with Crippen molar-refractivity contribution >= 4 is 19.8 Å². The summed E-state index contributed by atoms with van der Waals surface area (Å²) in [6.07, 6.45) is 38.4. The van der Waals surface area contributed by atoms with Gasteiger partial charge < -0.3 is 27.9 Å². The highest BCUT2D eigenvalue weighted by molar-refractivity contribution is 7.45. The summed E-state index contributed by atoms with van der Waals surface area (Å²) in [5.41, 5.74) is 0. The van der Waals surface area contributed by atoms with Crippen LogP contribution in [0.4, 0.5) is 0 Å². The Morgan fingerprint density at radius 2 is 0.818 bits per heavy atom. The molecule has 0 amide bonds. The minimum atomic E-state index is -4.62. The molecule has 0 aromatic heterocycles. The minimum absolute atomic E-state index is 0.0256. The maximum Gasteiger partial charge on any atom is 0.306 e. The Morgan fingerprint density at radius 3 is 1.16 bits per heavy atom. The van der Waals surface area contributed by atoms with Crippen molar-refractivity contribution < 1.29 is 42.1 Å². The van der Waals surface area contributed by atoms with Gasteiger partial charge in [0.15, 0.2) is 6.10 Å². The number of likely N-dealkylation sites (N-methyl/N-ethyl adjacent to an activating group) is 1. The number of phosphoric ester groups is 1. The van der Waals surface area contributed by atoms with Crippen LogP contribution >= 0.6 is 7.82 Å². The Labute approximate surface area is 340 Å². The Morgan fingerprint density at radius 1 is 0.491 bits per heavy atom. The molecule has 10 heteroatoms. The molecule has 2 atom stereocenters. The molecule has 0 aliphatic carbocycles. The van der Waals surface area contributed by atoms with Gasteiger partial charge >= 0.3 is 11.9 Å². The molecule has 0 radical (unpaired) electrons. The first-order valence-corrected chi connectivity index (χ1v) is 24.7. The van der Waals surface area contributed by atoms with Crippen molar-refractivity contribution in [3.8, 4) is 0 Å². The number of carbonyl (C=O) groups is 2. The van der Waals surface area contributed by atoms with Crippen molar-refractivity contribution in [2.75, 3.05) is 47.5 Å². The third-order valence-corrected chi connectivity index (χ3v) is 11.3. The van der Waals surface area contributed by atoms with Crippen LogP contribution in [0.25, 0.3) is 0 Å². The number of esters is 2. The lowest BCUT2D eigenvalue weighted by Gasteiger charge is -2.28. The SMILES string of the molecule is CCCCCCCCCCCCCCCCCCCCC(=O)OC(COC(=O)CCCCCCCCCCCCCCC)COP(=O)([O-])OCC[N+](C)(C)C. The predicted molar refractivity (Wildman–Crippen MR) is 227 cm³/mol. The zero-order valence-corrected chi connectivity index (χ0v) is 37.8. The smallest absolute Gasteiger partial charge is 0.306 e. The highest BCUT2D eigenvalue weighted by Crippen LogP contribution is 2.38. The zero-order valence-electron chi connectivity index (χ0n) is 36.9. The van der Waals surface area contributed by atoms with Gasteiger partial charge in [-0.05, 0) is 12.8 Å². The lowest BCUT2D eigenvalue weighted by atomic mass is 10.0. The average Bonchev–Trinajstić information content (AvgIpc) is 3.13. The second-order valence-electron chi connectivity index (χ2n) is 17.1. The fraction of sp³-hybridized carbons (Fsp3) is 0.956. The van der Waals surface area contributed by atoms with Crippen molar-refractivity contribution in [3.05, 3.63) is 0 Å². The van der Waals surface area contributed by atoms with Crippen LogP contribution in [-0.4, -0.2) is 70.0 Å². The summed E-state index contributed by atoms with van der Waals surface area (Å²) in [6.45, 7) is 4.27. The van der Waals surface area contributed by atoms with Gasteiger partial charge in [-0.1, -0.05) is 200 Å². The summed E-state index contributed by atoms with van der Waals surface area (Å²) in [5.74, 6) is -0.818. The third-order valence-electron chi connectivity index (χ3n) is 10.4. The van der Waals surface area contributed by atoms with Crippen molar-refractivity contribution in [3.63, 3.8) is 0 Å². The van der Waals surface area contributed by atoms with Gasteiger partial charge in [0.25, 0.3) is 7.82 Å². The number of quaternary nitrogens is 1. The zero-order chi connectivity index (χ0) is 40.7. The summed E-state index contributed by atoms with van der Waals surface area (Å²) < 4.78 is 33.9.